The van der Waals surface area contributed by atoms with Crippen molar-refractivity contribution < 1.29 is 0 Å². The van der Waals surface area contributed by atoms with Crippen molar-refractivity contribution in [2.45, 2.75) is 12.2 Å². The van der Waals surface area contributed by atoms with Crippen molar-refractivity contribution in [2.75, 3.05) is 5.75 Å². The van der Waals surface area contributed by atoms with Gasteiger partial charge in [-0.05, 0) is 42.0 Å². The molecule has 0 radical (unpaired) electrons. The highest BCUT2D eigenvalue weighted by atomic mass is 35.5. The second kappa shape index (κ2) is 5.43. The molecule has 2 nitrogen and oxygen atoms in total. The third kappa shape index (κ3) is 2.55. The van der Waals surface area contributed by atoms with Gasteiger partial charge in [0, 0.05) is 21.0 Å². The summed E-state index contributed by atoms with van der Waals surface area (Å²) in [7, 11) is 0. The van der Waals surface area contributed by atoms with Crippen LogP contribution in [-0.4, -0.2) is 15.7 Å². The van der Waals surface area contributed by atoms with Crippen LogP contribution < -0.4 is 0 Å². The minimum Gasteiger partial charge on any atom is -0.227 e. The molecular formula is C15H10Cl2N2S2. The molecule has 3 heterocycles. The number of thioether (sulfide) groups is 1. The van der Waals surface area contributed by atoms with Crippen molar-refractivity contribution in [3.63, 3.8) is 0 Å². The minimum absolute atomic E-state index is 0.479. The van der Waals surface area contributed by atoms with Gasteiger partial charge in [0.25, 0.3) is 0 Å². The van der Waals surface area contributed by atoms with E-state index >= 15 is 0 Å². The maximum atomic E-state index is 6.30. The van der Waals surface area contributed by atoms with Crippen molar-refractivity contribution >= 4 is 57.2 Å². The van der Waals surface area contributed by atoms with Gasteiger partial charge in [-0.3, -0.25) is 0 Å². The van der Waals surface area contributed by atoms with Gasteiger partial charge in [0.05, 0.1) is 10.4 Å². The highest BCUT2D eigenvalue weighted by Crippen LogP contribution is 2.37. The molecule has 0 saturated heterocycles. The zero-order valence-electron chi connectivity index (χ0n) is 10.9. The lowest BCUT2D eigenvalue weighted by Gasteiger charge is -2.08. The molecule has 1 aliphatic rings. The summed E-state index contributed by atoms with van der Waals surface area (Å²) in [5.41, 5.74) is 2.20. The Morgan fingerprint density at radius 2 is 2.00 bits per heavy atom. The molecule has 106 valence electrons. The van der Waals surface area contributed by atoms with Gasteiger partial charge in [-0.15, -0.1) is 11.3 Å². The first-order valence-electron chi connectivity index (χ1n) is 6.53. The third-order valence-electron chi connectivity index (χ3n) is 3.46. The van der Waals surface area contributed by atoms with Crippen LogP contribution in [0.2, 0.25) is 10.2 Å². The summed E-state index contributed by atoms with van der Waals surface area (Å²) in [4.78, 5) is 11.6. The van der Waals surface area contributed by atoms with Crippen LogP contribution in [-0.2, 0) is 12.2 Å². The van der Waals surface area contributed by atoms with Crippen molar-refractivity contribution in [1.29, 1.82) is 0 Å². The average Bonchev–Trinajstić information content (AvgIpc) is 2.90. The zero-order chi connectivity index (χ0) is 14.4. The zero-order valence-corrected chi connectivity index (χ0v) is 14.0. The molecule has 6 heteroatoms. The number of benzene rings is 1. The van der Waals surface area contributed by atoms with Gasteiger partial charge in [-0.2, -0.15) is 11.8 Å². The molecule has 0 spiro atoms. The molecule has 0 N–H and O–H groups in total. The fraction of sp³-hybridized carbons (Fsp3) is 0.200. The van der Waals surface area contributed by atoms with E-state index in [0.717, 1.165) is 28.0 Å². The van der Waals surface area contributed by atoms with Gasteiger partial charge in [-0.25, -0.2) is 9.97 Å². The van der Waals surface area contributed by atoms with Gasteiger partial charge < -0.3 is 0 Å². The van der Waals surface area contributed by atoms with Gasteiger partial charge in [-0.1, -0.05) is 23.2 Å². The van der Waals surface area contributed by atoms with Crippen molar-refractivity contribution in [2.24, 2.45) is 0 Å². The molecule has 0 saturated carbocycles. The van der Waals surface area contributed by atoms with Crippen LogP contribution in [0.25, 0.3) is 21.6 Å². The molecule has 0 fully saturated rings. The Morgan fingerprint density at radius 3 is 2.86 bits per heavy atom. The van der Waals surface area contributed by atoms with E-state index in [4.69, 9.17) is 23.2 Å². The number of halogens is 2. The number of fused-ring (bicyclic) bond motifs is 2. The molecule has 0 unspecified atom stereocenters. The number of hydrogen-bond donors (Lipinski definition) is 0. The minimum atomic E-state index is 0.479. The number of nitrogens with zero attached hydrogens (tertiary/aromatic N) is 2. The van der Waals surface area contributed by atoms with E-state index < -0.39 is 0 Å². The van der Waals surface area contributed by atoms with E-state index in [-0.39, 0.29) is 0 Å². The largest absolute Gasteiger partial charge is 0.227 e. The Balaban J connectivity index is 1.88. The first-order valence-corrected chi connectivity index (χ1v) is 9.26. The van der Waals surface area contributed by atoms with Gasteiger partial charge >= 0.3 is 0 Å². The molecule has 0 atom stereocenters. The molecular weight excluding hydrogens is 343 g/mol. The fourth-order valence-electron chi connectivity index (χ4n) is 2.43. The second-order valence-electron chi connectivity index (χ2n) is 4.86. The Bertz CT molecular complexity index is 822. The first kappa shape index (κ1) is 13.8. The standard InChI is InChI=1S/C15H10Cl2N2S2/c16-9-1-2-10-11(6-9)18-15(19-14(10)17)13-5-8-7-20-4-3-12(8)21-13/h1-2,5-6H,3-4,7H2. The van der Waals surface area contributed by atoms with E-state index in [2.05, 4.69) is 16.0 Å². The second-order valence-corrected chi connectivity index (χ2v) is 7.90. The first-order chi connectivity index (χ1) is 10.2. The Morgan fingerprint density at radius 1 is 1.10 bits per heavy atom. The molecule has 3 aromatic rings. The molecule has 0 amide bonds. The lowest BCUT2D eigenvalue weighted by Crippen LogP contribution is -1.96. The molecule has 1 aliphatic heterocycles. The Kier molecular flexibility index (Phi) is 3.58. The fourth-order valence-corrected chi connectivity index (χ4v) is 5.14. The molecule has 1 aromatic carbocycles. The van der Waals surface area contributed by atoms with Gasteiger partial charge in [0.2, 0.25) is 0 Å². The molecule has 0 aliphatic carbocycles. The maximum Gasteiger partial charge on any atom is 0.171 e. The van der Waals surface area contributed by atoms with Gasteiger partial charge in [0.1, 0.15) is 5.15 Å². The van der Waals surface area contributed by atoms with Crippen molar-refractivity contribution in [1.82, 2.24) is 9.97 Å². The summed E-state index contributed by atoms with van der Waals surface area (Å²) in [5.74, 6) is 2.97. The Labute approximate surface area is 140 Å². The monoisotopic (exact) mass is 352 g/mol. The summed E-state index contributed by atoms with van der Waals surface area (Å²) in [6.07, 6.45) is 1.14. The summed E-state index contributed by atoms with van der Waals surface area (Å²) < 4.78 is 0. The summed E-state index contributed by atoms with van der Waals surface area (Å²) >= 11 is 16.1. The number of hydrogen-bond acceptors (Lipinski definition) is 4. The van der Waals surface area contributed by atoms with Crippen LogP contribution in [0, 0.1) is 0 Å². The predicted molar refractivity (Wildman–Crippen MR) is 92.7 cm³/mol. The van der Waals surface area contributed by atoms with Crippen LogP contribution in [0.3, 0.4) is 0 Å². The lowest BCUT2D eigenvalue weighted by atomic mass is 10.2. The smallest absolute Gasteiger partial charge is 0.171 e. The van der Waals surface area contributed by atoms with E-state index in [0.29, 0.717) is 16.0 Å². The maximum absolute atomic E-state index is 6.30. The number of rotatable bonds is 1. The van der Waals surface area contributed by atoms with E-state index in [1.807, 2.05) is 23.9 Å². The summed E-state index contributed by atoms with van der Waals surface area (Å²) in [6, 6.07) is 7.70. The van der Waals surface area contributed by atoms with Crippen LogP contribution in [0.5, 0.6) is 0 Å². The van der Waals surface area contributed by atoms with Crippen LogP contribution in [0.15, 0.2) is 24.3 Å². The van der Waals surface area contributed by atoms with E-state index in [1.165, 1.54) is 16.2 Å². The predicted octanol–water partition coefficient (Wildman–Crippen LogP) is 5.45. The lowest BCUT2D eigenvalue weighted by molar-refractivity contribution is 1.13. The number of aromatic nitrogens is 2. The molecule has 2 aromatic heterocycles. The average molecular weight is 353 g/mol. The van der Waals surface area contributed by atoms with Crippen LogP contribution in [0.1, 0.15) is 10.4 Å². The number of aryl methyl sites for hydroxylation is 1. The summed E-state index contributed by atoms with van der Waals surface area (Å²) in [5, 5.41) is 1.97. The molecule has 21 heavy (non-hydrogen) atoms. The molecule has 0 bridgehead atoms. The SMILES string of the molecule is Clc1ccc2c(Cl)nc(-c3cc4c(s3)CCSC4)nc2c1. The highest BCUT2D eigenvalue weighted by Gasteiger charge is 2.17. The summed E-state index contributed by atoms with van der Waals surface area (Å²) in [6.45, 7) is 0. The van der Waals surface area contributed by atoms with Crippen LogP contribution >= 0.6 is 46.3 Å². The highest BCUT2D eigenvalue weighted by molar-refractivity contribution is 7.98. The van der Waals surface area contributed by atoms with E-state index in [1.54, 1.807) is 17.4 Å². The van der Waals surface area contributed by atoms with Crippen molar-refractivity contribution in [3.8, 4) is 10.7 Å². The van der Waals surface area contributed by atoms with Crippen molar-refractivity contribution in [3.05, 3.63) is 44.9 Å². The third-order valence-corrected chi connectivity index (χ3v) is 6.22. The topological polar surface area (TPSA) is 25.8 Å². The normalized spacial score (nSPS) is 14.4. The van der Waals surface area contributed by atoms with Gasteiger partial charge in [0.15, 0.2) is 5.82 Å². The Hall–Kier alpha value is -0.810. The van der Waals surface area contributed by atoms with E-state index in [9.17, 15) is 0 Å². The number of thiophene rings is 1. The van der Waals surface area contributed by atoms with Crippen LogP contribution in [0.4, 0.5) is 0 Å². The quantitative estimate of drug-likeness (QED) is 0.544. The molecule has 4 rings (SSSR count).